The van der Waals surface area contributed by atoms with Gasteiger partial charge in [-0.05, 0) is 48.8 Å². The number of carbonyl (C=O) groups excluding carboxylic acids is 1. The Morgan fingerprint density at radius 3 is 2.33 bits per heavy atom. The molecule has 0 bridgehead atoms. The quantitative estimate of drug-likeness (QED) is 0.925. The Morgan fingerprint density at radius 1 is 1.10 bits per heavy atom. The van der Waals surface area contributed by atoms with Crippen LogP contribution in [0.15, 0.2) is 24.3 Å². The molecule has 1 aliphatic heterocycles. The maximum atomic E-state index is 12.6. The van der Waals surface area contributed by atoms with Crippen LogP contribution in [0.4, 0.5) is 5.69 Å². The van der Waals surface area contributed by atoms with Crippen LogP contribution in [0.3, 0.4) is 0 Å². The lowest BCUT2D eigenvalue weighted by atomic mass is 9.87. The highest BCUT2D eigenvalue weighted by Crippen LogP contribution is 2.28. The van der Waals surface area contributed by atoms with E-state index in [4.69, 9.17) is 0 Å². The molecular formula is C18H26N2O. The fourth-order valence-electron chi connectivity index (χ4n) is 2.96. The zero-order chi connectivity index (χ0) is 15.0. The molecule has 2 aliphatic rings. The van der Waals surface area contributed by atoms with E-state index in [1.54, 1.807) is 0 Å². The van der Waals surface area contributed by atoms with Gasteiger partial charge in [0.05, 0.1) is 6.04 Å². The van der Waals surface area contributed by atoms with Crippen LogP contribution in [0, 0.1) is 0 Å². The van der Waals surface area contributed by atoms with Gasteiger partial charge < -0.3 is 10.2 Å². The van der Waals surface area contributed by atoms with Crippen molar-refractivity contribution in [1.82, 2.24) is 5.32 Å². The summed E-state index contributed by atoms with van der Waals surface area (Å²) in [6, 6.07) is 9.10. The Hall–Kier alpha value is -1.35. The molecule has 1 atom stereocenters. The highest BCUT2D eigenvalue weighted by Gasteiger charge is 2.33. The monoisotopic (exact) mass is 286 g/mol. The number of hydrogen-bond donors (Lipinski definition) is 1. The second kappa shape index (κ2) is 5.45. The summed E-state index contributed by atoms with van der Waals surface area (Å²) >= 11 is 0. The highest BCUT2D eigenvalue weighted by molar-refractivity contribution is 5.98. The molecule has 3 heteroatoms. The van der Waals surface area contributed by atoms with E-state index in [1.807, 2.05) is 4.90 Å². The van der Waals surface area contributed by atoms with Gasteiger partial charge >= 0.3 is 0 Å². The van der Waals surface area contributed by atoms with Gasteiger partial charge in [0.15, 0.2) is 0 Å². The molecule has 21 heavy (non-hydrogen) atoms. The average molecular weight is 286 g/mol. The fraction of sp³-hybridized carbons (Fsp3) is 0.611. The highest BCUT2D eigenvalue weighted by atomic mass is 16.2. The lowest BCUT2D eigenvalue weighted by molar-refractivity contribution is -0.121. The maximum Gasteiger partial charge on any atom is 0.244 e. The van der Waals surface area contributed by atoms with Gasteiger partial charge in [-0.15, -0.1) is 0 Å². The Kier molecular flexibility index (Phi) is 3.78. The van der Waals surface area contributed by atoms with Crippen molar-refractivity contribution in [3.63, 3.8) is 0 Å². The molecular weight excluding hydrogens is 260 g/mol. The summed E-state index contributed by atoms with van der Waals surface area (Å²) in [5, 5.41) is 3.49. The van der Waals surface area contributed by atoms with Crippen LogP contribution in [0.25, 0.3) is 0 Å². The number of nitrogens with zero attached hydrogens (tertiary/aromatic N) is 1. The van der Waals surface area contributed by atoms with Gasteiger partial charge in [-0.2, -0.15) is 0 Å². The van der Waals surface area contributed by atoms with Crippen LogP contribution < -0.4 is 10.2 Å². The molecule has 1 amide bonds. The van der Waals surface area contributed by atoms with Crippen LogP contribution in [0.1, 0.15) is 52.0 Å². The van der Waals surface area contributed by atoms with E-state index in [0.717, 1.165) is 25.1 Å². The minimum Gasteiger partial charge on any atom is -0.311 e. The van der Waals surface area contributed by atoms with E-state index in [2.05, 4.69) is 50.4 Å². The van der Waals surface area contributed by atoms with Gasteiger partial charge in [0, 0.05) is 18.3 Å². The molecule has 114 valence electrons. The molecule has 1 saturated heterocycles. The molecule has 1 aromatic rings. The molecule has 1 unspecified atom stereocenters. The van der Waals surface area contributed by atoms with Crippen LogP contribution in [0.2, 0.25) is 0 Å². The Morgan fingerprint density at radius 2 is 1.76 bits per heavy atom. The molecule has 1 saturated carbocycles. The normalized spacial score (nSPS) is 23.5. The zero-order valence-electron chi connectivity index (χ0n) is 13.4. The van der Waals surface area contributed by atoms with Crippen molar-refractivity contribution >= 4 is 11.6 Å². The summed E-state index contributed by atoms with van der Waals surface area (Å²) in [5.41, 5.74) is 2.50. The predicted octanol–water partition coefficient (Wildman–Crippen LogP) is 3.23. The molecule has 2 fully saturated rings. The van der Waals surface area contributed by atoms with Crippen molar-refractivity contribution in [2.75, 3.05) is 11.4 Å². The molecule has 1 heterocycles. The third kappa shape index (κ3) is 3.29. The second-order valence-corrected chi connectivity index (χ2v) is 7.42. The Labute approximate surface area is 127 Å². The van der Waals surface area contributed by atoms with Gasteiger partial charge in [0.25, 0.3) is 0 Å². The molecule has 1 aromatic carbocycles. The van der Waals surface area contributed by atoms with Crippen molar-refractivity contribution in [1.29, 1.82) is 0 Å². The van der Waals surface area contributed by atoms with Gasteiger partial charge in [-0.1, -0.05) is 32.9 Å². The molecule has 0 spiro atoms. The van der Waals surface area contributed by atoms with Gasteiger partial charge in [-0.3, -0.25) is 4.79 Å². The standard InChI is InChI=1S/C18H26N2O/c1-18(2,3)13-6-10-15(11-7-13)20-12-4-5-16(17(20)21)19-14-8-9-14/h6-7,10-11,14,16,19H,4-5,8-9,12H2,1-3H3. The van der Waals surface area contributed by atoms with Crippen LogP contribution in [-0.2, 0) is 10.2 Å². The number of piperidine rings is 1. The summed E-state index contributed by atoms with van der Waals surface area (Å²) in [5.74, 6) is 0.247. The van der Waals surface area contributed by atoms with Crippen molar-refractivity contribution in [3.05, 3.63) is 29.8 Å². The first-order valence-corrected chi connectivity index (χ1v) is 8.13. The topological polar surface area (TPSA) is 32.3 Å². The van der Waals surface area contributed by atoms with E-state index in [0.29, 0.717) is 6.04 Å². The SMILES string of the molecule is CC(C)(C)c1ccc(N2CCCC(NC3CC3)C2=O)cc1. The van der Waals surface area contributed by atoms with Crippen molar-refractivity contribution < 1.29 is 4.79 Å². The molecule has 3 nitrogen and oxygen atoms in total. The number of anilines is 1. The minimum atomic E-state index is 0.0218. The lowest BCUT2D eigenvalue weighted by Gasteiger charge is -2.33. The molecule has 3 rings (SSSR count). The number of rotatable bonds is 3. The van der Waals surface area contributed by atoms with E-state index in [1.165, 1.54) is 18.4 Å². The largest absolute Gasteiger partial charge is 0.311 e. The molecule has 0 radical (unpaired) electrons. The van der Waals surface area contributed by atoms with Crippen LogP contribution >= 0.6 is 0 Å². The number of benzene rings is 1. The predicted molar refractivity (Wildman–Crippen MR) is 86.7 cm³/mol. The Bertz CT molecular complexity index is 511. The number of amides is 1. The number of hydrogen-bond acceptors (Lipinski definition) is 2. The summed E-state index contributed by atoms with van der Waals surface area (Å²) in [6.45, 7) is 7.48. The summed E-state index contributed by atoms with van der Waals surface area (Å²) < 4.78 is 0. The van der Waals surface area contributed by atoms with Crippen LogP contribution in [0.5, 0.6) is 0 Å². The number of nitrogens with one attached hydrogen (secondary N) is 1. The smallest absolute Gasteiger partial charge is 0.244 e. The van der Waals surface area contributed by atoms with E-state index in [-0.39, 0.29) is 17.4 Å². The molecule has 1 N–H and O–H groups in total. The van der Waals surface area contributed by atoms with Crippen molar-refractivity contribution in [2.45, 2.75) is 64.0 Å². The Balaban J connectivity index is 1.74. The van der Waals surface area contributed by atoms with E-state index < -0.39 is 0 Å². The summed E-state index contributed by atoms with van der Waals surface area (Å²) in [7, 11) is 0. The third-order valence-electron chi connectivity index (χ3n) is 4.50. The van der Waals surface area contributed by atoms with Gasteiger partial charge in [-0.25, -0.2) is 0 Å². The van der Waals surface area contributed by atoms with E-state index >= 15 is 0 Å². The minimum absolute atomic E-state index is 0.0218. The molecule has 1 aliphatic carbocycles. The number of carbonyl (C=O) groups is 1. The van der Waals surface area contributed by atoms with Crippen molar-refractivity contribution in [2.24, 2.45) is 0 Å². The first-order chi connectivity index (χ1) is 9.95. The summed E-state index contributed by atoms with van der Waals surface area (Å²) in [4.78, 5) is 14.6. The fourth-order valence-corrected chi connectivity index (χ4v) is 2.96. The lowest BCUT2D eigenvalue weighted by Crippen LogP contribution is -2.51. The first-order valence-electron chi connectivity index (χ1n) is 8.13. The summed E-state index contributed by atoms with van der Waals surface area (Å²) in [6.07, 6.45) is 4.51. The second-order valence-electron chi connectivity index (χ2n) is 7.42. The van der Waals surface area contributed by atoms with Crippen molar-refractivity contribution in [3.8, 4) is 0 Å². The average Bonchev–Trinajstić information content (AvgIpc) is 3.24. The zero-order valence-corrected chi connectivity index (χ0v) is 13.4. The van der Waals surface area contributed by atoms with Gasteiger partial charge in [0.1, 0.15) is 0 Å². The first kappa shape index (κ1) is 14.6. The van der Waals surface area contributed by atoms with Gasteiger partial charge in [0.2, 0.25) is 5.91 Å². The maximum absolute atomic E-state index is 12.6. The molecule has 0 aromatic heterocycles. The van der Waals surface area contributed by atoms with E-state index in [9.17, 15) is 4.79 Å². The van der Waals surface area contributed by atoms with Crippen LogP contribution in [-0.4, -0.2) is 24.5 Å². The third-order valence-corrected chi connectivity index (χ3v) is 4.50.